The summed E-state index contributed by atoms with van der Waals surface area (Å²) in [4.78, 5) is 14.5. The lowest BCUT2D eigenvalue weighted by atomic mass is 9.98. The fourth-order valence-corrected chi connectivity index (χ4v) is 4.17. The molecule has 3 aromatic carbocycles. The number of alkyl halides is 3. The molecule has 3 aromatic rings. The molecule has 172 valence electrons. The van der Waals surface area contributed by atoms with Gasteiger partial charge >= 0.3 is 6.18 Å². The normalized spacial score (nSPS) is 13.6. The number of nitrogens with zero attached hydrogens (tertiary/aromatic N) is 1. The molecule has 4 rings (SSSR count). The monoisotopic (exact) mass is 495 g/mol. The minimum Gasteiger partial charge on any atom is -0.454 e. The fraction of sp³-hybridized carbons (Fsp3) is 0.174. The number of carbonyl (C=O) groups is 1. The van der Waals surface area contributed by atoms with Crippen molar-refractivity contribution in [3.8, 4) is 11.5 Å². The number of halogens is 5. The molecule has 33 heavy (non-hydrogen) atoms. The molecule has 0 atom stereocenters. The summed E-state index contributed by atoms with van der Waals surface area (Å²) in [5.74, 6) is 5.91. The zero-order valence-electron chi connectivity index (χ0n) is 17.0. The first-order chi connectivity index (χ1) is 15.7. The Morgan fingerprint density at radius 2 is 1.70 bits per heavy atom. The van der Waals surface area contributed by atoms with Crippen LogP contribution in [0.25, 0.3) is 0 Å². The molecule has 0 aliphatic carbocycles. The van der Waals surface area contributed by atoms with Gasteiger partial charge in [0.2, 0.25) is 0 Å². The molecule has 0 spiro atoms. The molecule has 0 saturated heterocycles. The first-order valence-electron chi connectivity index (χ1n) is 9.87. The fourth-order valence-electron chi connectivity index (χ4n) is 3.61. The summed E-state index contributed by atoms with van der Waals surface area (Å²) in [5.41, 5.74) is 4.21. The van der Waals surface area contributed by atoms with Crippen molar-refractivity contribution in [1.82, 2.24) is 4.90 Å². The molecule has 10 heteroatoms. The maximum atomic E-state index is 12.9. The van der Waals surface area contributed by atoms with Gasteiger partial charge in [-0.2, -0.15) is 13.2 Å². The van der Waals surface area contributed by atoms with E-state index in [0.717, 1.165) is 17.7 Å². The SMILES string of the molecule is NNc1cc(Cl)c(Oc2ccc3c(c2)CCN(Cc2ccc(C(F)(F)F)cc2)C3=O)c(Cl)c1. The number of nitrogen functional groups attached to an aromatic ring is 1. The summed E-state index contributed by atoms with van der Waals surface area (Å²) in [6, 6.07) is 13.0. The number of rotatable bonds is 5. The summed E-state index contributed by atoms with van der Waals surface area (Å²) >= 11 is 12.5. The Morgan fingerprint density at radius 1 is 1.03 bits per heavy atom. The third kappa shape index (κ3) is 5.03. The minimum absolute atomic E-state index is 0.197. The summed E-state index contributed by atoms with van der Waals surface area (Å²) in [5, 5.41) is 0.541. The zero-order chi connectivity index (χ0) is 23.8. The van der Waals surface area contributed by atoms with E-state index in [1.54, 1.807) is 35.2 Å². The molecular formula is C23H18Cl2F3N3O2. The van der Waals surface area contributed by atoms with E-state index < -0.39 is 11.7 Å². The molecule has 0 unspecified atom stereocenters. The van der Waals surface area contributed by atoms with Crippen LogP contribution in [0.4, 0.5) is 18.9 Å². The van der Waals surface area contributed by atoms with Crippen LogP contribution in [-0.2, 0) is 19.1 Å². The number of hydrogen-bond donors (Lipinski definition) is 2. The molecular weight excluding hydrogens is 478 g/mol. The third-order valence-corrected chi connectivity index (χ3v) is 5.85. The number of amides is 1. The van der Waals surface area contributed by atoms with Gasteiger partial charge in [0, 0.05) is 18.7 Å². The van der Waals surface area contributed by atoms with Crippen molar-refractivity contribution in [2.24, 2.45) is 5.84 Å². The van der Waals surface area contributed by atoms with Crippen LogP contribution in [0.2, 0.25) is 10.0 Å². The van der Waals surface area contributed by atoms with Gasteiger partial charge in [-0.3, -0.25) is 10.6 Å². The van der Waals surface area contributed by atoms with E-state index in [1.165, 1.54) is 12.1 Å². The maximum absolute atomic E-state index is 12.9. The molecule has 0 fully saturated rings. The van der Waals surface area contributed by atoms with Crippen LogP contribution in [0, 0.1) is 0 Å². The van der Waals surface area contributed by atoms with E-state index >= 15 is 0 Å². The Morgan fingerprint density at radius 3 is 2.30 bits per heavy atom. The number of nitrogens with one attached hydrogen (secondary N) is 1. The van der Waals surface area contributed by atoms with Gasteiger partial charge in [0.25, 0.3) is 5.91 Å². The van der Waals surface area contributed by atoms with Gasteiger partial charge in [0.15, 0.2) is 5.75 Å². The Balaban J connectivity index is 1.49. The Labute approximate surface area is 197 Å². The topological polar surface area (TPSA) is 67.6 Å². The van der Waals surface area contributed by atoms with Crippen molar-refractivity contribution in [3.63, 3.8) is 0 Å². The van der Waals surface area contributed by atoms with Gasteiger partial charge in [-0.15, -0.1) is 0 Å². The quantitative estimate of drug-likeness (QED) is 0.322. The lowest BCUT2D eigenvalue weighted by molar-refractivity contribution is -0.137. The standard InChI is InChI=1S/C23H18Cl2F3N3O2/c24-19-10-16(30-29)11-20(25)21(19)33-17-5-6-18-14(9-17)7-8-31(22(18)32)12-13-1-3-15(4-2-13)23(26,27)28/h1-6,9-11,30H,7-8,12,29H2. The second-order valence-corrected chi connectivity index (χ2v) is 8.32. The first kappa shape index (κ1) is 23.2. The van der Waals surface area contributed by atoms with E-state index in [0.29, 0.717) is 35.5 Å². The second-order valence-electron chi connectivity index (χ2n) is 7.51. The molecule has 0 bridgehead atoms. The lowest BCUT2D eigenvalue weighted by Gasteiger charge is -2.29. The Kier molecular flexibility index (Phi) is 6.43. The number of hydrazine groups is 1. The summed E-state index contributed by atoms with van der Waals surface area (Å²) in [7, 11) is 0. The van der Waals surface area contributed by atoms with Gasteiger partial charge in [-0.1, -0.05) is 35.3 Å². The Bertz CT molecular complexity index is 1180. The molecule has 0 aromatic heterocycles. The second kappa shape index (κ2) is 9.13. The predicted molar refractivity (Wildman–Crippen MR) is 121 cm³/mol. The van der Waals surface area contributed by atoms with Gasteiger partial charge in [0.1, 0.15) is 5.75 Å². The number of carbonyl (C=O) groups excluding carboxylic acids is 1. The molecule has 1 aliphatic rings. The van der Waals surface area contributed by atoms with E-state index in [1.807, 2.05) is 0 Å². The zero-order valence-corrected chi connectivity index (χ0v) is 18.6. The number of ether oxygens (including phenoxy) is 1. The summed E-state index contributed by atoms with van der Waals surface area (Å²) in [6.45, 7) is 0.649. The molecule has 1 aliphatic heterocycles. The van der Waals surface area contributed by atoms with E-state index in [2.05, 4.69) is 5.43 Å². The highest BCUT2D eigenvalue weighted by atomic mass is 35.5. The number of nitrogens with two attached hydrogens (primary N) is 1. The number of fused-ring (bicyclic) bond motifs is 1. The van der Waals surface area contributed by atoms with Gasteiger partial charge in [0.05, 0.1) is 21.3 Å². The van der Waals surface area contributed by atoms with Gasteiger partial charge < -0.3 is 15.1 Å². The van der Waals surface area contributed by atoms with Crippen LogP contribution in [0.5, 0.6) is 11.5 Å². The highest BCUT2D eigenvalue weighted by Gasteiger charge is 2.30. The third-order valence-electron chi connectivity index (χ3n) is 5.28. The van der Waals surface area contributed by atoms with Crippen molar-refractivity contribution in [2.75, 3.05) is 12.0 Å². The first-order valence-corrected chi connectivity index (χ1v) is 10.6. The highest BCUT2D eigenvalue weighted by Crippen LogP contribution is 2.39. The molecule has 5 nitrogen and oxygen atoms in total. The maximum Gasteiger partial charge on any atom is 0.416 e. The number of anilines is 1. The van der Waals surface area contributed by atoms with E-state index in [-0.39, 0.29) is 28.2 Å². The van der Waals surface area contributed by atoms with Crippen LogP contribution in [-0.4, -0.2) is 17.4 Å². The minimum atomic E-state index is -4.39. The van der Waals surface area contributed by atoms with Crippen molar-refractivity contribution >= 4 is 34.8 Å². The van der Waals surface area contributed by atoms with Crippen molar-refractivity contribution in [2.45, 2.75) is 19.1 Å². The van der Waals surface area contributed by atoms with E-state index in [4.69, 9.17) is 33.8 Å². The van der Waals surface area contributed by atoms with Crippen molar-refractivity contribution in [1.29, 1.82) is 0 Å². The number of hydrogen-bond acceptors (Lipinski definition) is 4. The average molecular weight is 496 g/mol. The Hall–Kier alpha value is -2.94. The molecule has 1 heterocycles. The molecule has 0 radical (unpaired) electrons. The van der Waals surface area contributed by atoms with Crippen LogP contribution in [0.1, 0.15) is 27.0 Å². The van der Waals surface area contributed by atoms with Crippen molar-refractivity contribution < 1.29 is 22.7 Å². The van der Waals surface area contributed by atoms with Crippen molar-refractivity contribution in [3.05, 3.63) is 86.9 Å². The van der Waals surface area contributed by atoms with Crippen LogP contribution in [0.15, 0.2) is 54.6 Å². The highest BCUT2D eigenvalue weighted by molar-refractivity contribution is 6.37. The van der Waals surface area contributed by atoms with Crippen LogP contribution < -0.4 is 16.0 Å². The lowest BCUT2D eigenvalue weighted by Crippen LogP contribution is -2.37. The molecule has 3 N–H and O–H groups in total. The van der Waals surface area contributed by atoms with Gasteiger partial charge in [-0.05, 0) is 60.0 Å². The summed E-state index contributed by atoms with van der Waals surface area (Å²) < 4.78 is 44.1. The van der Waals surface area contributed by atoms with E-state index in [9.17, 15) is 18.0 Å². The number of benzene rings is 3. The van der Waals surface area contributed by atoms with Crippen LogP contribution >= 0.6 is 23.2 Å². The average Bonchev–Trinajstić information content (AvgIpc) is 2.77. The summed E-state index contributed by atoms with van der Waals surface area (Å²) in [6.07, 6.45) is -3.83. The van der Waals surface area contributed by atoms with Crippen LogP contribution in [0.3, 0.4) is 0 Å². The predicted octanol–water partition coefficient (Wildman–Crippen LogP) is 6.29. The smallest absolute Gasteiger partial charge is 0.416 e. The molecule has 1 amide bonds. The largest absolute Gasteiger partial charge is 0.454 e. The molecule has 0 saturated carbocycles. The van der Waals surface area contributed by atoms with Gasteiger partial charge in [-0.25, -0.2) is 0 Å².